The van der Waals surface area contributed by atoms with E-state index in [2.05, 4.69) is 10.3 Å². The number of benzene rings is 1. The molecule has 0 spiro atoms. The van der Waals surface area contributed by atoms with Gasteiger partial charge in [0.1, 0.15) is 5.52 Å². The first-order chi connectivity index (χ1) is 11.8. The second kappa shape index (κ2) is 6.55. The molecule has 0 saturated carbocycles. The lowest BCUT2D eigenvalue weighted by molar-refractivity contribution is -0.116. The van der Waals surface area contributed by atoms with Crippen molar-refractivity contribution in [2.45, 2.75) is 39.2 Å². The second-order valence-corrected chi connectivity index (χ2v) is 6.98. The Balaban J connectivity index is 1.69. The van der Waals surface area contributed by atoms with Crippen molar-refractivity contribution in [3.8, 4) is 0 Å². The minimum absolute atomic E-state index is 0.117. The maximum absolute atomic E-state index is 12.1. The Kier molecular flexibility index (Phi) is 4.44. The minimum Gasteiger partial charge on any atom is -0.440 e. The largest absolute Gasteiger partial charge is 0.440 e. The highest BCUT2D eigenvalue weighted by atomic mass is 16.3. The zero-order valence-corrected chi connectivity index (χ0v) is 14.6. The molecule has 0 saturated heterocycles. The van der Waals surface area contributed by atoms with E-state index in [1.54, 1.807) is 36.5 Å². The number of rotatable bonds is 4. The van der Waals surface area contributed by atoms with Gasteiger partial charge >= 0.3 is 0 Å². The van der Waals surface area contributed by atoms with Gasteiger partial charge in [-0.1, -0.05) is 26.8 Å². The van der Waals surface area contributed by atoms with E-state index in [1.165, 1.54) is 10.6 Å². The Hall–Kier alpha value is -2.89. The van der Waals surface area contributed by atoms with Crippen LogP contribution in [0.15, 0.2) is 51.8 Å². The molecule has 0 fully saturated rings. The third kappa shape index (κ3) is 3.96. The number of oxazole rings is 1. The van der Waals surface area contributed by atoms with Gasteiger partial charge < -0.3 is 14.3 Å². The van der Waals surface area contributed by atoms with Crippen molar-refractivity contribution in [1.82, 2.24) is 9.55 Å². The van der Waals surface area contributed by atoms with Crippen molar-refractivity contribution in [1.29, 1.82) is 0 Å². The molecule has 0 atom stereocenters. The van der Waals surface area contributed by atoms with Crippen LogP contribution in [0.2, 0.25) is 0 Å². The maximum atomic E-state index is 12.1. The van der Waals surface area contributed by atoms with E-state index in [4.69, 9.17) is 4.42 Å². The number of anilines is 1. The van der Waals surface area contributed by atoms with Gasteiger partial charge in [0, 0.05) is 36.3 Å². The third-order valence-electron chi connectivity index (χ3n) is 3.79. The smallest absolute Gasteiger partial charge is 0.250 e. The highest BCUT2D eigenvalue weighted by Gasteiger charge is 2.21. The number of aromatic nitrogens is 2. The van der Waals surface area contributed by atoms with E-state index in [0.29, 0.717) is 29.2 Å². The number of hydrogen-bond donors (Lipinski definition) is 1. The van der Waals surface area contributed by atoms with Crippen LogP contribution in [0, 0.1) is 0 Å². The number of amides is 1. The molecule has 0 aliphatic rings. The lowest BCUT2D eigenvalue weighted by atomic mass is 9.97. The first-order valence-corrected chi connectivity index (χ1v) is 8.19. The van der Waals surface area contributed by atoms with E-state index in [-0.39, 0.29) is 23.3 Å². The first-order valence-electron chi connectivity index (χ1n) is 8.19. The Labute approximate surface area is 145 Å². The van der Waals surface area contributed by atoms with Gasteiger partial charge in [0.2, 0.25) is 11.8 Å². The van der Waals surface area contributed by atoms with Gasteiger partial charge in [-0.25, -0.2) is 4.98 Å². The highest BCUT2D eigenvalue weighted by molar-refractivity contribution is 5.92. The zero-order valence-electron chi connectivity index (χ0n) is 14.6. The highest BCUT2D eigenvalue weighted by Crippen LogP contribution is 2.27. The summed E-state index contributed by atoms with van der Waals surface area (Å²) in [4.78, 5) is 28.3. The van der Waals surface area contributed by atoms with Crippen molar-refractivity contribution in [3.05, 3.63) is 58.8 Å². The topological polar surface area (TPSA) is 77.1 Å². The Morgan fingerprint density at radius 3 is 2.76 bits per heavy atom. The second-order valence-electron chi connectivity index (χ2n) is 6.98. The minimum atomic E-state index is -0.175. The van der Waals surface area contributed by atoms with E-state index in [1.807, 2.05) is 20.8 Å². The van der Waals surface area contributed by atoms with Crippen LogP contribution in [0.25, 0.3) is 11.1 Å². The van der Waals surface area contributed by atoms with Crippen LogP contribution >= 0.6 is 0 Å². The molecule has 6 nitrogen and oxygen atoms in total. The molecule has 0 aliphatic heterocycles. The van der Waals surface area contributed by atoms with Gasteiger partial charge in [-0.15, -0.1) is 0 Å². The number of nitrogens with zero attached hydrogens (tertiary/aromatic N) is 2. The normalized spacial score (nSPS) is 11.6. The average molecular weight is 339 g/mol. The van der Waals surface area contributed by atoms with Gasteiger partial charge in [-0.2, -0.15) is 0 Å². The SMILES string of the molecule is CC(C)(C)c1nc2cc(NC(=O)CCn3ccccc3=O)ccc2o1. The number of nitrogens with one attached hydrogen (secondary N) is 1. The summed E-state index contributed by atoms with van der Waals surface area (Å²) in [6.07, 6.45) is 1.89. The number of pyridine rings is 1. The molecule has 2 aromatic heterocycles. The molecule has 0 aliphatic carbocycles. The Morgan fingerprint density at radius 1 is 1.24 bits per heavy atom. The van der Waals surface area contributed by atoms with E-state index >= 15 is 0 Å². The van der Waals surface area contributed by atoms with E-state index < -0.39 is 0 Å². The molecule has 6 heteroatoms. The van der Waals surface area contributed by atoms with Crippen molar-refractivity contribution in [2.24, 2.45) is 0 Å². The van der Waals surface area contributed by atoms with Crippen LogP contribution in [-0.4, -0.2) is 15.5 Å². The molecule has 3 aromatic rings. The van der Waals surface area contributed by atoms with Crippen molar-refractivity contribution >= 4 is 22.7 Å². The van der Waals surface area contributed by atoms with Gasteiger partial charge in [-0.3, -0.25) is 9.59 Å². The fourth-order valence-corrected chi connectivity index (χ4v) is 2.42. The van der Waals surface area contributed by atoms with E-state index in [9.17, 15) is 9.59 Å². The molecule has 3 rings (SSSR count). The van der Waals surface area contributed by atoms with Crippen molar-refractivity contribution in [3.63, 3.8) is 0 Å². The molecule has 0 bridgehead atoms. The molecule has 1 N–H and O–H groups in total. The maximum Gasteiger partial charge on any atom is 0.250 e. The van der Waals surface area contributed by atoms with Crippen LogP contribution in [0.3, 0.4) is 0 Å². The lowest BCUT2D eigenvalue weighted by Gasteiger charge is -2.11. The monoisotopic (exact) mass is 339 g/mol. The van der Waals surface area contributed by atoms with Gasteiger partial charge in [0.15, 0.2) is 5.58 Å². The summed E-state index contributed by atoms with van der Waals surface area (Å²) in [6, 6.07) is 10.3. The third-order valence-corrected chi connectivity index (χ3v) is 3.79. The Morgan fingerprint density at radius 2 is 2.04 bits per heavy atom. The summed E-state index contributed by atoms with van der Waals surface area (Å²) < 4.78 is 7.26. The van der Waals surface area contributed by atoms with E-state index in [0.717, 1.165) is 0 Å². The fraction of sp³-hybridized carbons (Fsp3) is 0.316. The first kappa shape index (κ1) is 17.0. The van der Waals surface area contributed by atoms with Crippen LogP contribution < -0.4 is 10.9 Å². The number of hydrogen-bond acceptors (Lipinski definition) is 4. The number of fused-ring (bicyclic) bond motifs is 1. The molecule has 0 radical (unpaired) electrons. The molecular weight excluding hydrogens is 318 g/mol. The Bertz CT molecular complexity index is 964. The van der Waals surface area contributed by atoms with Crippen LogP contribution in [-0.2, 0) is 16.8 Å². The van der Waals surface area contributed by atoms with Crippen LogP contribution in [0.4, 0.5) is 5.69 Å². The average Bonchev–Trinajstić information content (AvgIpc) is 2.98. The predicted octanol–water partition coefficient (Wildman–Crippen LogP) is 3.32. The van der Waals surface area contributed by atoms with Crippen LogP contribution in [0.5, 0.6) is 0 Å². The van der Waals surface area contributed by atoms with Gasteiger partial charge in [0.05, 0.1) is 0 Å². The van der Waals surface area contributed by atoms with Gasteiger partial charge in [0.25, 0.3) is 5.56 Å². The molecule has 130 valence electrons. The molecule has 1 aromatic carbocycles. The van der Waals surface area contributed by atoms with Crippen LogP contribution in [0.1, 0.15) is 33.1 Å². The predicted molar refractivity (Wildman–Crippen MR) is 96.7 cm³/mol. The van der Waals surface area contributed by atoms with Crippen molar-refractivity contribution in [2.75, 3.05) is 5.32 Å². The summed E-state index contributed by atoms with van der Waals surface area (Å²) in [5.74, 6) is 0.504. The number of carbonyl (C=O) groups excluding carboxylic acids is 1. The lowest BCUT2D eigenvalue weighted by Crippen LogP contribution is -2.21. The summed E-state index contributed by atoms with van der Waals surface area (Å²) >= 11 is 0. The quantitative estimate of drug-likeness (QED) is 0.791. The number of aryl methyl sites for hydroxylation is 1. The molecule has 1 amide bonds. The molecular formula is C19H21N3O3. The molecule has 25 heavy (non-hydrogen) atoms. The summed E-state index contributed by atoms with van der Waals surface area (Å²) in [7, 11) is 0. The number of carbonyl (C=O) groups is 1. The summed E-state index contributed by atoms with van der Waals surface area (Å²) in [5, 5.41) is 2.84. The van der Waals surface area contributed by atoms with Gasteiger partial charge in [-0.05, 0) is 24.3 Å². The fourth-order valence-electron chi connectivity index (χ4n) is 2.42. The standard InChI is InChI=1S/C19H21N3O3/c1-19(2,3)18-21-14-12-13(7-8-15(14)25-18)20-16(23)9-11-22-10-5-4-6-17(22)24/h4-8,10,12H,9,11H2,1-3H3,(H,20,23). The van der Waals surface area contributed by atoms with Crippen molar-refractivity contribution < 1.29 is 9.21 Å². The zero-order chi connectivity index (χ0) is 18.0. The molecule has 0 unspecified atom stereocenters. The summed E-state index contributed by atoms with van der Waals surface area (Å²) in [6.45, 7) is 6.44. The summed E-state index contributed by atoms with van der Waals surface area (Å²) in [5.41, 5.74) is 1.77. The molecule has 2 heterocycles.